The number of hydrogen-bond donors (Lipinski definition) is 1. The Labute approximate surface area is 79.0 Å². The second-order valence-corrected chi connectivity index (χ2v) is 3.10. The zero-order valence-corrected chi connectivity index (χ0v) is 7.92. The van der Waals surface area contributed by atoms with Gasteiger partial charge < -0.3 is 4.84 Å². The molecule has 13 heavy (non-hydrogen) atoms. The molecule has 0 atom stereocenters. The second-order valence-electron chi connectivity index (χ2n) is 3.10. The average molecular weight is 177 g/mol. The highest BCUT2D eigenvalue weighted by Crippen LogP contribution is 2.13. The Morgan fingerprint density at radius 3 is 2.92 bits per heavy atom. The van der Waals surface area contributed by atoms with E-state index in [1.165, 1.54) is 11.1 Å². The Morgan fingerprint density at radius 1 is 1.54 bits per heavy atom. The summed E-state index contributed by atoms with van der Waals surface area (Å²) in [6.45, 7) is 6.44. The van der Waals surface area contributed by atoms with Crippen LogP contribution in [0.5, 0.6) is 0 Å². The van der Waals surface area contributed by atoms with Crippen LogP contribution in [0.15, 0.2) is 30.8 Å². The van der Waals surface area contributed by atoms with Crippen molar-refractivity contribution in [3.63, 3.8) is 0 Å². The molecule has 70 valence electrons. The van der Waals surface area contributed by atoms with E-state index < -0.39 is 0 Å². The van der Waals surface area contributed by atoms with Crippen LogP contribution in [-0.4, -0.2) is 6.61 Å². The first-order chi connectivity index (χ1) is 6.24. The van der Waals surface area contributed by atoms with Crippen molar-refractivity contribution in [3.8, 4) is 0 Å². The third-order valence-electron chi connectivity index (χ3n) is 1.93. The molecule has 0 heterocycles. The van der Waals surface area contributed by atoms with Crippen molar-refractivity contribution in [2.75, 3.05) is 6.61 Å². The first-order valence-corrected chi connectivity index (χ1v) is 4.30. The van der Waals surface area contributed by atoms with Crippen LogP contribution >= 0.6 is 0 Å². The number of allylic oxidation sites excluding steroid dienone is 1. The first kappa shape index (κ1) is 9.96. The first-order valence-electron chi connectivity index (χ1n) is 4.30. The molecule has 1 aromatic carbocycles. The Balaban J connectivity index is 2.73. The quantitative estimate of drug-likeness (QED) is 0.715. The number of hydrogen-bond acceptors (Lipinski definition) is 2. The van der Waals surface area contributed by atoms with Gasteiger partial charge in [-0.05, 0) is 24.5 Å². The molecular weight excluding hydrogens is 162 g/mol. The van der Waals surface area contributed by atoms with Crippen molar-refractivity contribution in [3.05, 3.63) is 42.0 Å². The Kier molecular flexibility index (Phi) is 3.68. The lowest BCUT2D eigenvalue weighted by molar-refractivity contribution is 0.141. The SMILES string of the molecule is C=C(C)c1cccc(CCON)c1. The monoisotopic (exact) mass is 177 g/mol. The van der Waals surface area contributed by atoms with Gasteiger partial charge in [0.1, 0.15) is 0 Å². The summed E-state index contributed by atoms with van der Waals surface area (Å²) >= 11 is 0. The average Bonchev–Trinajstić information content (AvgIpc) is 2.15. The molecule has 0 spiro atoms. The van der Waals surface area contributed by atoms with Gasteiger partial charge in [-0.1, -0.05) is 36.4 Å². The highest BCUT2D eigenvalue weighted by atomic mass is 16.6. The van der Waals surface area contributed by atoms with Gasteiger partial charge in [0.15, 0.2) is 0 Å². The molecule has 0 fully saturated rings. The van der Waals surface area contributed by atoms with Gasteiger partial charge in [-0.25, -0.2) is 5.90 Å². The number of nitrogens with two attached hydrogens (primary N) is 1. The maximum atomic E-state index is 4.96. The fraction of sp³-hybridized carbons (Fsp3) is 0.273. The highest BCUT2D eigenvalue weighted by Gasteiger charge is 1.96. The van der Waals surface area contributed by atoms with Crippen molar-refractivity contribution in [2.45, 2.75) is 13.3 Å². The Bertz CT molecular complexity index is 294. The van der Waals surface area contributed by atoms with E-state index in [9.17, 15) is 0 Å². The molecule has 0 aliphatic carbocycles. The molecule has 1 aromatic rings. The van der Waals surface area contributed by atoms with Gasteiger partial charge in [0.25, 0.3) is 0 Å². The van der Waals surface area contributed by atoms with E-state index in [4.69, 9.17) is 5.90 Å². The fourth-order valence-corrected chi connectivity index (χ4v) is 1.17. The standard InChI is InChI=1S/C11H15NO/c1-9(2)11-5-3-4-10(8-11)6-7-13-12/h3-5,8H,1,6-7,12H2,2H3. The van der Waals surface area contributed by atoms with E-state index in [-0.39, 0.29) is 0 Å². The van der Waals surface area contributed by atoms with Gasteiger partial charge in [0.05, 0.1) is 6.61 Å². The predicted molar refractivity (Wildman–Crippen MR) is 55.0 cm³/mol. The molecule has 0 aliphatic heterocycles. The minimum atomic E-state index is 0.555. The Hall–Kier alpha value is -1.12. The molecule has 0 aliphatic rings. The lowest BCUT2D eigenvalue weighted by Gasteiger charge is -2.03. The minimum absolute atomic E-state index is 0.555. The topological polar surface area (TPSA) is 35.2 Å². The molecule has 0 radical (unpaired) electrons. The second kappa shape index (κ2) is 4.80. The molecular formula is C11H15NO. The largest absolute Gasteiger partial charge is 0.304 e. The predicted octanol–water partition coefficient (Wildman–Crippen LogP) is 2.15. The molecule has 0 saturated heterocycles. The van der Waals surface area contributed by atoms with Gasteiger partial charge in [-0.2, -0.15) is 0 Å². The summed E-state index contributed by atoms with van der Waals surface area (Å²) in [6, 6.07) is 8.25. The van der Waals surface area contributed by atoms with Crippen LogP contribution in [0, 0.1) is 0 Å². The van der Waals surface area contributed by atoms with E-state index >= 15 is 0 Å². The van der Waals surface area contributed by atoms with Crippen LogP contribution in [0.3, 0.4) is 0 Å². The zero-order valence-electron chi connectivity index (χ0n) is 7.92. The normalized spacial score (nSPS) is 10.0. The summed E-state index contributed by atoms with van der Waals surface area (Å²) in [5.74, 6) is 4.96. The zero-order chi connectivity index (χ0) is 9.68. The maximum Gasteiger partial charge on any atom is 0.0719 e. The van der Waals surface area contributed by atoms with Crippen LogP contribution in [0.1, 0.15) is 18.1 Å². The summed E-state index contributed by atoms with van der Waals surface area (Å²) in [6.07, 6.45) is 0.845. The minimum Gasteiger partial charge on any atom is -0.304 e. The van der Waals surface area contributed by atoms with Gasteiger partial charge in [-0.3, -0.25) is 0 Å². The van der Waals surface area contributed by atoms with E-state index in [0.29, 0.717) is 6.61 Å². The molecule has 2 N–H and O–H groups in total. The lowest BCUT2D eigenvalue weighted by atomic mass is 10.0. The molecule has 0 unspecified atom stereocenters. The summed E-state index contributed by atoms with van der Waals surface area (Å²) < 4.78 is 0. The van der Waals surface area contributed by atoms with Crippen LogP contribution in [0.2, 0.25) is 0 Å². The van der Waals surface area contributed by atoms with E-state index in [1.807, 2.05) is 13.0 Å². The van der Waals surface area contributed by atoms with Crippen molar-refractivity contribution in [2.24, 2.45) is 5.90 Å². The van der Waals surface area contributed by atoms with E-state index in [1.54, 1.807) is 0 Å². The van der Waals surface area contributed by atoms with E-state index in [0.717, 1.165) is 12.0 Å². The van der Waals surface area contributed by atoms with Crippen LogP contribution < -0.4 is 5.90 Å². The maximum absolute atomic E-state index is 4.96. The number of rotatable bonds is 4. The molecule has 1 rings (SSSR count). The highest BCUT2D eigenvalue weighted by molar-refractivity contribution is 5.61. The van der Waals surface area contributed by atoms with Crippen molar-refractivity contribution < 1.29 is 4.84 Å². The van der Waals surface area contributed by atoms with Gasteiger partial charge in [-0.15, -0.1) is 0 Å². The summed E-state index contributed by atoms with van der Waals surface area (Å²) in [7, 11) is 0. The summed E-state index contributed by atoms with van der Waals surface area (Å²) in [4.78, 5) is 4.52. The number of benzene rings is 1. The fourth-order valence-electron chi connectivity index (χ4n) is 1.17. The van der Waals surface area contributed by atoms with Gasteiger partial charge in [0, 0.05) is 0 Å². The van der Waals surface area contributed by atoms with E-state index in [2.05, 4.69) is 29.6 Å². The molecule has 0 bridgehead atoms. The van der Waals surface area contributed by atoms with Crippen LogP contribution in [-0.2, 0) is 11.3 Å². The third-order valence-corrected chi connectivity index (χ3v) is 1.93. The van der Waals surface area contributed by atoms with Gasteiger partial charge >= 0.3 is 0 Å². The van der Waals surface area contributed by atoms with Crippen molar-refractivity contribution in [1.82, 2.24) is 0 Å². The molecule has 0 amide bonds. The molecule has 2 heteroatoms. The van der Waals surface area contributed by atoms with Crippen LogP contribution in [0.4, 0.5) is 0 Å². The third kappa shape index (κ3) is 3.01. The molecule has 0 saturated carbocycles. The summed E-state index contributed by atoms with van der Waals surface area (Å²) in [5.41, 5.74) is 3.48. The molecule has 2 nitrogen and oxygen atoms in total. The summed E-state index contributed by atoms with van der Waals surface area (Å²) in [5, 5.41) is 0. The van der Waals surface area contributed by atoms with Gasteiger partial charge in [0.2, 0.25) is 0 Å². The van der Waals surface area contributed by atoms with Crippen molar-refractivity contribution >= 4 is 5.57 Å². The Morgan fingerprint density at radius 2 is 2.31 bits per heavy atom. The molecule has 0 aromatic heterocycles. The van der Waals surface area contributed by atoms with Crippen LogP contribution in [0.25, 0.3) is 5.57 Å². The lowest BCUT2D eigenvalue weighted by Crippen LogP contribution is -2.03. The van der Waals surface area contributed by atoms with Crippen molar-refractivity contribution in [1.29, 1.82) is 0 Å². The smallest absolute Gasteiger partial charge is 0.0719 e.